The zero-order valence-corrected chi connectivity index (χ0v) is 35.7. The Morgan fingerprint density at radius 3 is 1.37 bits per heavy atom. The van der Waals surface area contributed by atoms with Gasteiger partial charge in [0.15, 0.2) is 17.9 Å². The van der Waals surface area contributed by atoms with Crippen molar-refractivity contribution in [3.05, 3.63) is 146 Å². The first-order valence-electron chi connectivity index (χ1n) is 19.4. The molecule has 0 unspecified atom stereocenters. The average Bonchev–Trinajstić information content (AvgIpc) is 3.67. The molecule has 0 saturated carbocycles. The molecule has 17 heteroatoms. The molecule has 0 aliphatic carbocycles. The van der Waals surface area contributed by atoms with Crippen LogP contribution in [0.15, 0.2) is 103 Å². The van der Waals surface area contributed by atoms with Gasteiger partial charge in [-0.05, 0) is 61.9 Å². The number of hydrogen-bond acceptors (Lipinski definition) is 13. The molecule has 0 N–H and O–H groups in total. The maximum atomic E-state index is 12.6. The zero-order chi connectivity index (χ0) is 45.9. The van der Waals surface area contributed by atoms with E-state index in [1.165, 1.54) is 6.08 Å². The lowest BCUT2D eigenvalue weighted by Crippen LogP contribution is -2.33. The molecule has 0 saturated heterocycles. The van der Waals surface area contributed by atoms with E-state index in [0.717, 1.165) is 16.1 Å². The fourth-order valence-corrected chi connectivity index (χ4v) is 6.20. The molecule has 65 heavy (non-hydrogen) atoms. The van der Waals surface area contributed by atoms with Crippen LogP contribution in [-0.2, 0) is 38.1 Å². The molecule has 344 valence electrons. The summed E-state index contributed by atoms with van der Waals surface area (Å²) in [5.74, 6) is -3.92. The number of rotatable bonds is 18. The topological polar surface area (TPSA) is 197 Å². The van der Waals surface area contributed by atoms with E-state index in [1.54, 1.807) is 111 Å². The first kappa shape index (κ1) is 54.5. The van der Waals surface area contributed by atoms with Crippen molar-refractivity contribution in [3.8, 4) is 0 Å². The molecule has 6 rings (SSSR count). The van der Waals surface area contributed by atoms with E-state index in [1.807, 2.05) is 0 Å². The van der Waals surface area contributed by atoms with Gasteiger partial charge in [-0.25, -0.2) is 4.79 Å². The van der Waals surface area contributed by atoms with Crippen LogP contribution in [0.4, 0.5) is 0 Å². The third-order valence-corrected chi connectivity index (χ3v) is 9.54. The van der Waals surface area contributed by atoms with Crippen molar-refractivity contribution in [2.75, 3.05) is 52.7 Å². The molecule has 4 aromatic rings. The molecule has 2 aliphatic heterocycles. The molecule has 2 heterocycles. The summed E-state index contributed by atoms with van der Waals surface area (Å²) >= 11 is 11.7. The first-order chi connectivity index (χ1) is 30.3. The Balaban J connectivity index is 0.000000375. The highest BCUT2D eigenvalue weighted by Crippen LogP contribution is 2.24. The summed E-state index contributed by atoms with van der Waals surface area (Å²) in [6.45, 7) is 2.94. The summed E-state index contributed by atoms with van der Waals surface area (Å²) in [5, 5.41) is 0.885. The van der Waals surface area contributed by atoms with Crippen LogP contribution < -0.4 is 0 Å². The normalized spacial score (nSPS) is 12.3. The number of halogens is 2. The maximum absolute atomic E-state index is 12.6. The Morgan fingerprint density at radius 2 is 0.969 bits per heavy atom. The first-order valence-corrected chi connectivity index (χ1v) is 20.2. The number of carbonyl (C=O) groups excluding carboxylic acids is 9. The molecule has 4 aromatic carbocycles. The van der Waals surface area contributed by atoms with Gasteiger partial charge in [0.25, 0.3) is 23.6 Å². The standard InChI is InChI=1S/C23H20ClNO6.C16H17NO6.C7H5ClO.2CH4/c1-2-31-23(29)18(13-15-7-3-6-10-19(15)24)20(26)14-30-12-11-25-21(27)16-8-4-5-9-17(16)22(25)28;1-2-23-14(19)9-11(18)10-22-8-7-17-15(20)12-5-3-4-6-13(12)16(17)21;8-7-4-2-1-3-6(7)5-9;;/h3-10,13H,2,11-12,14H2,1H3;3-6H,2,7-10H2,1H3;1-5H;2*1H4/b18-13-;;;;. The predicted octanol–water partition coefficient (Wildman–Crippen LogP) is 7.41. The van der Waals surface area contributed by atoms with Crippen LogP contribution in [0, 0.1) is 0 Å². The molecule has 15 nitrogen and oxygen atoms in total. The minimum Gasteiger partial charge on any atom is -0.466 e. The van der Waals surface area contributed by atoms with Crippen LogP contribution in [0.5, 0.6) is 0 Å². The van der Waals surface area contributed by atoms with Crippen molar-refractivity contribution < 1.29 is 62.1 Å². The third kappa shape index (κ3) is 15.2. The summed E-state index contributed by atoms with van der Waals surface area (Å²) < 4.78 is 20.1. The van der Waals surface area contributed by atoms with Crippen LogP contribution in [0.1, 0.15) is 92.5 Å². The third-order valence-electron chi connectivity index (χ3n) is 8.85. The van der Waals surface area contributed by atoms with Crippen molar-refractivity contribution in [1.29, 1.82) is 0 Å². The van der Waals surface area contributed by atoms with E-state index in [4.69, 9.17) is 37.4 Å². The number of nitrogens with zero attached hydrogens (tertiary/aromatic N) is 2. The van der Waals surface area contributed by atoms with Gasteiger partial charge in [-0.1, -0.05) is 98.7 Å². The lowest BCUT2D eigenvalue weighted by atomic mass is 10.1. The second kappa shape index (κ2) is 27.5. The van der Waals surface area contributed by atoms with Gasteiger partial charge in [-0.2, -0.15) is 0 Å². The van der Waals surface area contributed by atoms with Gasteiger partial charge in [-0.3, -0.25) is 48.2 Å². The van der Waals surface area contributed by atoms with Crippen LogP contribution in [0.25, 0.3) is 6.08 Å². The van der Waals surface area contributed by atoms with E-state index < -0.39 is 41.9 Å². The monoisotopic (exact) mass is 932 g/mol. The van der Waals surface area contributed by atoms with E-state index in [9.17, 15) is 43.2 Å². The van der Waals surface area contributed by atoms with Crippen LogP contribution in [0.2, 0.25) is 10.0 Å². The van der Waals surface area contributed by atoms with Crippen molar-refractivity contribution >= 4 is 82.7 Å². The zero-order valence-electron chi connectivity index (χ0n) is 34.2. The number of benzene rings is 4. The van der Waals surface area contributed by atoms with E-state index in [-0.39, 0.29) is 84.8 Å². The molecule has 0 atom stereocenters. The van der Waals surface area contributed by atoms with Gasteiger partial charge in [0.2, 0.25) is 0 Å². The Hall–Kier alpha value is -6.65. The van der Waals surface area contributed by atoms with E-state index >= 15 is 0 Å². The van der Waals surface area contributed by atoms with Crippen molar-refractivity contribution in [3.63, 3.8) is 0 Å². The van der Waals surface area contributed by atoms with Crippen molar-refractivity contribution in [1.82, 2.24) is 9.80 Å². The number of imide groups is 2. The lowest BCUT2D eigenvalue weighted by molar-refractivity contribution is -0.146. The highest BCUT2D eigenvalue weighted by molar-refractivity contribution is 6.33. The fraction of sp³-hybridized carbons (Fsp3) is 0.271. The minimum atomic E-state index is -0.781. The molecule has 4 amide bonds. The van der Waals surface area contributed by atoms with Crippen LogP contribution >= 0.6 is 23.2 Å². The number of carbonyl (C=O) groups is 9. The fourth-order valence-electron chi connectivity index (χ4n) is 5.83. The minimum absolute atomic E-state index is 0. The van der Waals surface area contributed by atoms with Gasteiger partial charge in [0, 0.05) is 10.6 Å². The highest BCUT2D eigenvalue weighted by Gasteiger charge is 2.36. The molecule has 0 aromatic heterocycles. The summed E-state index contributed by atoms with van der Waals surface area (Å²) in [4.78, 5) is 109. The molecule has 2 aliphatic rings. The van der Waals surface area contributed by atoms with E-state index in [2.05, 4.69) is 4.74 Å². The predicted molar refractivity (Wildman–Crippen MR) is 243 cm³/mol. The molecule has 0 bridgehead atoms. The number of ketones is 2. The Kier molecular flexibility index (Phi) is 23.1. The number of hydrogen-bond donors (Lipinski definition) is 0. The number of Topliss-reactive ketones (excluding diaryl/α,β-unsaturated/α-hetero) is 2. The number of ether oxygens (including phenoxy) is 4. The lowest BCUT2D eigenvalue weighted by Gasteiger charge is -2.14. The molecular weight excluding hydrogens is 883 g/mol. The van der Waals surface area contributed by atoms with Crippen molar-refractivity contribution in [2.45, 2.75) is 35.1 Å². The largest absolute Gasteiger partial charge is 0.466 e. The van der Waals surface area contributed by atoms with Crippen LogP contribution in [-0.4, -0.2) is 116 Å². The second-order valence-electron chi connectivity index (χ2n) is 13.1. The van der Waals surface area contributed by atoms with Crippen LogP contribution in [0.3, 0.4) is 0 Å². The summed E-state index contributed by atoms with van der Waals surface area (Å²) in [6, 6.07) is 26.8. The van der Waals surface area contributed by atoms with Gasteiger partial charge >= 0.3 is 11.9 Å². The molecule has 0 fully saturated rings. The van der Waals surface area contributed by atoms with Gasteiger partial charge < -0.3 is 18.9 Å². The van der Waals surface area contributed by atoms with Gasteiger partial charge in [0.05, 0.1) is 66.8 Å². The van der Waals surface area contributed by atoms with Crippen molar-refractivity contribution in [2.24, 2.45) is 0 Å². The molecule has 0 radical (unpaired) electrons. The quantitative estimate of drug-likeness (QED) is 0.0182. The smallest absolute Gasteiger partial charge is 0.341 e. The number of esters is 2. The van der Waals surface area contributed by atoms with E-state index in [0.29, 0.717) is 43.4 Å². The number of aldehydes is 1. The Labute approximate surface area is 387 Å². The maximum Gasteiger partial charge on any atom is 0.341 e. The highest BCUT2D eigenvalue weighted by atomic mass is 35.5. The summed E-state index contributed by atoms with van der Waals surface area (Å²) in [5.41, 5.74) is 2.26. The Bertz CT molecular complexity index is 2330. The summed E-state index contributed by atoms with van der Waals surface area (Å²) in [6.07, 6.45) is 1.75. The average molecular weight is 934 g/mol. The Morgan fingerprint density at radius 1 is 0.569 bits per heavy atom. The number of amides is 4. The van der Waals surface area contributed by atoms with Gasteiger partial charge in [-0.15, -0.1) is 0 Å². The van der Waals surface area contributed by atoms with Gasteiger partial charge in [0.1, 0.15) is 25.2 Å². The summed E-state index contributed by atoms with van der Waals surface area (Å²) in [7, 11) is 0. The number of fused-ring (bicyclic) bond motifs is 2. The SMILES string of the molecule is C.C.CCOC(=O)/C(=C\c1ccccc1Cl)C(=O)COCCN1C(=O)c2ccccc2C1=O.CCOC(=O)CC(=O)COCCN1C(=O)c2ccccc2C1=O.O=Cc1ccccc1Cl. The molecular formula is C48H50Cl2N2O13. The molecule has 0 spiro atoms. The second-order valence-corrected chi connectivity index (χ2v) is 13.9.